The Kier molecular flexibility index (Phi) is 7.07. The maximum absolute atomic E-state index is 13.2. The lowest BCUT2D eigenvalue weighted by molar-refractivity contribution is -0.858. The van der Waals surface area contributed by atoms with Gasteiger partial charge in [-0.3, -0.25) is 9.59 Å². The van der Waals surface area contributed by atoms with Crippen LogP contribution in [0.25, 0.3) is 5.76 Å². The number of nitrogens with one attached hydrogen (secondary N) is 1. The summed E-state index contributed by atoms with van der Waals surface area (Å²) in [5, 5.41) is 11.3. The van der Waals surface area contributed by atoms with Crippen molar-refractivity contribution in [1.29, 1.82) is 0 Å². The van der Waals surface area contributed by atoms with Gasteiger partial charge in [-0.2, -0.15) is 0 Å². The number of rotatable bonds is 7. The second kappa shape index (κ2) is 10.2. The Balaban J connectivity index is 1.77. The number of ether oxygens (including phenoxy) is 3. The van der Waals surface area contributed by atoms with Crippen molar-refractivity contribution in [2.24, 2.45) is 0 Å². The van der Waals surface area contributed by atoms with Gasteiger partial charge in [0, 0.05) is 18.5 Å². The van der Waals surface area contributed by atoms with E-state index in [0.29, 0.717) is 54.4 Å². The van der Waals surface area contributed by atoms with Crippen molar-refractivity contribution in [3.8, 4) is 11.5 Å². The number of fused-ring (bicyclic) bond motifs is 1. The van der Waals surface area contributed by atoms with Gasteiger partial charge < -0.3 is 29.1 Å². The molecule has 1 atom stereocenters. The number of amides is 1. The molecule has 0 saturated carbocycles. The smallest absolute Gasteiger partial charge is 0.337 e. The van der Waals surface area contributed by atoms with Crippen molar-refractivity contribution in [3.05, 3.63) is 64.7 Å². The zero-order chi connectivity index (χ0) is 25.1. The van der Waals surface area contributed by atoms with Crippen LogP contribution in [0.3, 0.4) is 0 Å². The summed E-state index contributed by atoms with van der Waals surface area (Å²) in [6.45, 7) is 1.96. The number of esters is 1. The summed E-state index contributed by atoms with van der Waals surface area (Å²) >= 11 is 0. The Morgan fingerprint density at radius 1 is 1.06 bits per heavy atom. The van der Waals surface area contributed by atoms with Crippen LogP contribution in [-0.2, 0) is 14.3 Å². The summed E-state index contributed by atoms with van der Waals surface area (Å²) in [5.74, 6) is -1.19. The fraction of sp³-hybridized carbons (Fsp3) is 0.346. The van der Waals surface area contributed by atoms with Gasteiger partial charge in [-0.05, 0) is 35.9 Å². The first kappa shape index (κ1) is 24.3. The van der Waals surface area contributed by atoms with Gasteiger partial charge in [0.15, 0.2) is 11.5 Å². The summed E-state index contributed by atoms with van der Waals surface area (Å²) in [4.78, 5) is 40.8. The number of nitrogens with zero attached hydrogens (tertiary/aromatic N) is 1. The molecule has 1 saturated heterocycles. The molecule has 184 valence electrons. The number of aliphatic hydroxyl groups is 1. The molecule has 4 rings (SSSR count). The summed E-state index contributed by atoms with van der Waals surface area (Å²) < 4.78 is 15.9. The summed E-state index contributed by atoms with van der Waals surface area (Å²) in [6, 6.07) is 10.6. The molecule has 2 heterocycles. The van der Waals surface area contributed by atoms with Crippen molar-refractivity contribution in [1.82, 2.24) is 4.90 Å². The van der Waals surface area contributed by atoms with Crippen molar-refractivity contribution in [2.75, 3.05) is 47.5 Å². The maximum Gasteiger partial charge on any atom is 0.337 e. The molecule has 2 aliphatic rings. The van der Waals surface area contributed by atoms with E-state index < -0.39 is 23.7 Å². The van der Waals surface area contributed by atoms with Crippen LogP contribution < -0.4 is 14.4 Å². The highest BCUT2D eigenvalue weighted by Crippen LogP contribution is 2.41. The van der Waals surface area contributed by atoms with E-state index in [2.05, 4.69) is 0 Å². The number of Topliss-reactive ketones (excluding diaryl/α,β-unsaturated/α-hetero) is 1. The average Bonchev–Trinajstić information content (AvgIpc) is 3.12. The third-order valence-electron chi connectivity index (χ3n) is 6.08. The lowest BCUT2D eigenvalue weighted by Crippen LogP contribution is -3.05. The first-order valence-electron chi connectivity index (χ1n) is 11.5. The van der Waals surface area contributed by atoms with E-state index in [-0.39, 0.29) is 11.3 Å². The number of carbonyl (C=O) groups is 3. The third kappa shape index (κ3) is 4.85. The van der Waals surface area contributed by atoms with E-state index in [1.807, 2.05) is 14.1 Å². The van der Waals surface area contributed by atoms with E-state index in [9.17, 15) is 19.5 Å². The molecule has 2 aromatic carbocycles. The second-order valence-corrected chi connectivity index (χ2v) is 8.78. The lowest BCUT2D eigenvalue weighted by Gasteiger charge is -2.26. The zero-order valence-corrected chi connectivity index (χ0v) is 20.0. The number of hydrogen-bond donors (Lipinski definition) is 2. The molecular weight excluding hydrogens is 452 g/mol. The van der Waals surface area contributed by atoms with Crippen LogP contribution in [0.15, 0.2) is 48.0 Å². The largest absolute Gasteiger partial charge is 0.507 e. The number of likely N-dealkylation sites (tertiary alicyclic amines) is 1. The zero-order valence-electron chi connectivity index (χ0n) is 20.0. The standard InChI is InChI=1S/C26H28N2O7/c1-27(2)11-4-12-28-22(16-5-7-17(8-6-16)26(32)33-3)21(24(30)25(28)31)23(29)18-9-10-19-20(15-18)35-14-13-34-19/h5-10,15,22,29H,4,11-14H2,1-3H3/p+1/b23-21-/t22-/m0/s1. The van der Waals surface area contributed by atoms with Gasteiger partial charge in [-0.15, -0.1) is 0 Å². The number of benzene rings is 2. The number of hydrogen-bond acceptors (Lipinski definition) is 7. The highest BCUT2D eigenvalue weighted by molar-refractivity contribution is 6.46. The highest BCUT2D eigenvalue weighted by Gasteiger charge is 2.46. The minimum Gasteiger partial charge on any atom is -0.507 e. The van der Waals surface area contributed by atoms with Gasteiger partial charge in [0.2, 0.25) is 0 Å². The Labute approximate surface area is 203 Å². The third-order valence-corrected chi connectivity index (χ3v) is 6.08. The SMILES string of the molecule is COC(=O)c1ccc([C@H]2/C(=C(/O)c3ccc4c(c3)OCCO4)C(=O)C(=O)N2CCC[NH+](C)C)cc1. The Hall–Kier alpha value is -3.85. The van der Waals surface area contributed by atoms with Crippen LogP contribution in [0.1, 0.15) is 33.9 Å². The van der Waals surface area contributed by atoms with Crippen LogP contribution in [0.5, 0.6) is 11.5 Å². The van der Waals surface area contributed by atoms with Crippen LogP contribution in [-0.4, -0.2) is 75.2 Å². The van der Waals surface area contributed by atoms with Crippen LogP contribution in [0, 0.1) is 0 Å². The van der Waals surface area contributed by atoms with E-state index in [1.165, 1.54) is 16.9 Å². The van der Waals surface area contributed by atoms with Crippen molar-refractivity contribution >= 4 is 23.4 Å². The fourth-order valence-corrected chi connectivity index (χ4v) is 4.33. The van der Waals surface area contributed by atoms with Gasteiger partial charge >= 0.3 is 5.97 Å². The molecule has 2 N–H and O–H groups in total. The van der Waals surface area contributed by atoms with Gasteiger partial charge in [-0.1, -0.05) is 12.1 Å². The van der Waals surface area contributed by atoms with E-state index in [1.54, 1.807) is 42.5 Å². The molecule has 1 amide bonds. The van der Waals surface area contributed by atoms with Gasteiger partial charge in [0.25, 0.3) is 11.7 Å². The van der Waals surface area contributed by atoms with Crippen LogP contribution in [0.4, 0.5) is 0 Å². The van der Waals surface area contributed by atoms with Gasteiger partial charge in [0.05, 0.1) is 44.9 Å². The predicted molar refractivity (Wildman–Crippen MR) is 127 cm³/mol. The molecule has 9 heteroatoms. The Morgan fingerprint density at radius 3 is 2.37 bits per heavy atom. The molecule has 0 radical (unpaired) electrons. The molecule has 1 fully saturated rings. The van der Waals surface area contributed by atoms with Crippen molar-refractivity contribution < 1.29 is 38.6 Å². The Morgan fingerprint density at radius 2 is 1.71 bits per heavy atom. The van der Waals surface area contributed by atoms with Gasteiger partial charge in [-0.25, -0.2) is 4.79 Å². The molecule has 0 unspecified atom stereocenters. The van der Waals surface area contributed by atoms with E-state index in [0.717, 1.165) is 6.54 Å². The minimum absolute atomic E-state index is 0.00491. The number of quaternary nitrogens is 1. The Bertz CT molecular complexity index is 1170. The van der Waals surface area contributed by atoms with Crippen LogP contribution >= 0.6 is 0 Å². The van der Waals surface area contributed by atoms with Crippen molar-refractivity contribution in [2.45, 2.75) is 12.5 Å². The summed E-state index contributed by atoms with van der Waals surface area (Å²) in [7, 11) is 5.32. The minimum atomic E-state index is -0.799. The first-order valence-corrected chi connectivity index (χ1v) is 11.5. The summed E-state index contributed by atoms with van der Waals surface area (Å²) in [5.41, 5.74) is 1.29. The van der Waals surface area contributed by atoms with E-state index in [4.69, 9.17) is 14.2 Å². The fourth-order valence-electron chi connectivity index (χ4n) is 4.33. The molecule has 0 bridgehead atoms. The maximum atomic E-state index is 13.2. The molecule has 0 aliphatic carbocycles. The number of ketones is 1. The molecular formula is C26H29N2O7+. The van der Waals surface area contributed by atoms with Gasteiger partial charge in [0.1, 0.15) is 19.0 Å². The monoisotopic (exact) mass is 481 g/mol. The predicted octanol–water partition coefficient (Wildman–Crippen LogP) is 1.20. The molecule has 2 aromatic rings. The quantitative estimate of drug-likeness (QED) is 0.265. The number of methoxy groups -OCH3 is 1. The lowest BCUT2D eigenvalue weighted by atomic mass is 9.94. The topological polar surface area (TPSA) is 107 Å². The average molecular weight is 482 g/mol. The summed E-state index contributed by atoms with van der Waals surface area (Å²) in [6.07, 6.45) is 0.677. The highest BCUT2D eigenvalue weighted by atomic mass is 16.6. The van der Waals surface area contributed by atoms with E-state index >= 15 is 0 Å². The number of aliphatic hydroxyl groups excluding tert-OH is 1. The van der Waals surface area contributed by atoms with Crippen LogP contribution in [0.2, 0.25) is 0 Å². The molecule has 35 heavy (non-hydrogen) atoms. The molecule has 0 aromatic heterocycles. The molecule has 9 nitrogen and oxygen atoms in total. The first-order chi connectivity index (χ1) is 16.8. The van der Waals surface area contributed by atoms with Crippen molar-refractivity contribution in [3.63, 3.8) is 0 Å². The number of carbonyl (C=O) groups excluding carboxylic acids is 3. The molecule has 2 aliphatic heterocycles. The second-order valence-electron chi connectivity index (χ2n) is 8.78. The normalized spacial score (nSPS) is 18.7. The molecule has 0 spiro atoms.